The van der Waals surface area contributed by atoms with Gasteiger partial charge in [-0.25, -0.2) is 4.98 Å². The Balaban J connectivity index is 1.50. The Hall–Kier alpha value is -3.81. The Morgan fingerprint density at radius 3 is 2.67 bits per heavy atom. The predicted molar refractivity (Wildman–Crippen MR) is 117 cm³/mol. The van der Waals surface area contributed by atoms with Gasteiger partial charge in [0.2, 0.25) is 5.95 Å². The molecule has 30 heavy (non-hydrogen) atoms. The van der Waals surface area contributed by atoms with E-state index in [2.05, 4.69) is 38.7 Å². The lowest BCUT2D eigenvalue weighted by Gasteiger charge is -2.09. The van der Waals surface area contributed by atoms with Crippen molar-refractivity contribution in [2.75, 3.05) is 17.7 Å². The highest BCUT2D eigenvalue weighted by Gasteiger charge is 2.09. The number of nitrogens with zero attached hydrogens (tertiary/aromatic N) is 3. The summed E-state index contributed by atoms with van der Waals surface area (Å²) in [5.74, 6) is 1.57. The van der Waals surface area contributed by atoms with Crippen molar-refractivity contribution in [1.29, 1.82) is 0 Å². The molecule has 0 aliphatic heterocycles. The first-order chi connectivity index (χ1) is 14.5. The Kier molecular flexibility index (Phi) is 5.38. The van der Waals surface area contributed by atoms with Gasteiger partial charge in [0, 0.05) is 23.9 Å². The summed E-state index contributed by atoms with van der Waals surface area (Å²) in [5.41, 5.74) is 4.77. The maximum absolute atomic E-state index is 12.5. The van der Waals surface area contributed by atoms with Crippen LogP contribution in [-0.2, 0) is 13.1 Å². The van der Waals surface area contributed by atoms with Crippen molar-refractivity contribution in [1.82, 2.24) is 19.6 Å². The van der Waals surface area contributed by atoms with E-state index in [-0.39, 0.29) is 5.56 Å². The molecule has 8 nitrogen and oxygen atoms in total. The molecular weight excluding hydrogens is 380 g/mol. The van der Waals surface area contributed by atoms with E-state index in [4.69, 9.17) is 4.74 Å². The van der Waals surface area contributed by atoms with E-state index in [9.17, 15) is 4.79 Å². The highest BCUT2D eigenvalue weighted by Crippen LogP contribution is 2.18. The van der Waals surface area contributed by atoms with Crippen molar-refractivity contribution in [3.05, 3.63) is 81.3 Å². The molecule has 4 aromatic rings. The maximum atomic E-state index is 12.5. The molecule has 154 valence electrons. The second-order valence-corrected chi connectivity index (χ2v) is 7.13. The minimum absolute atomic E-state index is 0.213. The zero-order valence-corrected chi connectivity index (χ0v) is 17.2. The second kappa shape index (κ2) is 8.28. The fourth-order valence-corrected chi connectivity index (χ4v) is 3.32. The number of hydrogen-bond donors (Lipinski definition) is 3. The van der Waals surface area contributed by atoms with E-state index >= 15 is 0 Å². The molecule has 0 aliphatic rings. The lowest BCUT2D eigenvalue weighted by Crippen LogP contribution is -2.17. The van der Waals surface area contributed by atoms with Crippen LogP contribution in [0.15, 0.2) is 53.3 Å². The third kappa shape index (κ3) is 4.12. The number of aromatic nitrogens is 4. The number of hydrogen-bond acceptors (Lipinski definition) is 6. The van der Waals surface area contributed by atoms with Crippen LogP contribution in [0.2, 0.25) is 0 Å². The number of nitrogens with one attached hydrogen (secondary N) is 3. The van der Waals surface area contributed by atoms with Crippen LogP contribution in [0, 0.1) is 13.8 Å². The van der Waals surface area contributed by atoms with Crippen molar-refractivity contribution in [3.63, 3.8) is 0 Å². The van der Waals surface area contributed by atoms with E-state index in [0.29, 0.717) is 30.5 Å². The number of benzene rings is 2. The summed E-state index contributed by atoms with van der Waals surface area (Å²) in [5, 5.41) is 9.46. The quantitative estimate of drug-likeness (QED) is 0.438. The molecule has 0 radical (unpaired) electrons. The molecule has 0 bridgehead atoms. The van der Waals surface area contributed by atoms with Crippen molar-refractivity contribution in [3.8, 4) is 5.75 Å². The molecule has 0 saturated heterocycles. The van der Waals surface area contributed by atoms with Crippen LogP contribution in [0.1, 0.15) is 22.4 Å². The first-order valence-corrected chi connectivity index (χ1v) is 9.69. The molecule has 0 unspecified atom stereocenters. The van der Waals surface area contributed by atoms with E-state index in [1.807, 2.05) is 43.3 Å². The molecular formula is C22H24N6O2. The summed E-state index contributed by atoms with van der Waals surface area (Å²) in [6.07, 6.45) is 0. The van der Waals surface area contributed by atoms with Gasteiger partial charge < -0.3 is 15.4 Å². The highest BCUT2D eigenvalue weighted by molar-refractivity contribution is 5.52. The Morgan fingerprint density at radius 1 is 1.03 bits per heavy atom. The summed E-state index contributed by atoms with van der Waals surface area (Å²) in [7, 11) is 1.64. The summed E-state index contributed by atoms with van der Waals surface area (Å²) in [4.78, 5) is 21.4. The highest BCUT2D eigenvalue weighted by atomic mass is 16.5. The molecule has 2 aromatic heterocycles. The molecule has 0 atom stereocenters. The van der Waals surface area contributed by atoms with Crippen LogP contribution in [0.4, 0.5) is 11.6 Å². The van der Waals surface area contributed by atoms with Gasteiger partial charge in [0.25, 0.3) is 11.3 Å². The van der Waals surface area contributed by atoms with Gasteiger partial charge in [0.05, 0.1) is 19.3 Å². The number of H-pyrrole nitrogens is 1. The summed E-state index contributed by atoms with van der Waals surface area (Å²) < 4.78 is 6.69. The van der Waals surface area contributed by atoms with Gasteiger partial charge in [-0.05, 0) is 31.5 Å². The van der Waals surface area contributed by atoms with Crippen LogP contribution in [0.3, 0.4) is 0 Å². The monoisotopic (exact) mass is 404 g/mol. The standard InChI is InChI=1S/C22H24N6O2/c1-14-8-9-18(15(2)10-14)23-13-17-11-20(29)28-22(25-17)26-21(27-28)24-12-16-6-4-5-7-19(16)30-3/h4-11,23H,12-13H2,1-3H3,(H2,24,25,26,27). The molecule has 0 aliphatic carbocycles. The van der Waals surface area contributed by atoms with Gasteiger partial charge in [-0.3, -0.25) is 9.89 Å². The van der Waals surface area contributed by atoms with Crippen molar-refractivity contribution in [2.24, 2.45) is 0 Å². The van der Waals surface area contributed by atoms with Gasteiger partial charge >= 0.3 is 0 Å². The number of rotatable bonds is 7. The first kappa shape index (κ1) is 19.5. The number of para-hydroxylation sites is 1. The number of methoxy groups -OCH3 is 1. The molecule has 0 amide bonds. The molecule has 2 aromatic carbocycles. The largest absolute Gasteiger partial charge is 0.496 e. The summed E-state index contributed by atoms with van der Waals surface area (Å²) in [6, 6.07) is 15.4. The smallest absolute Gasteiger partial charge is 0.274 e. The number of ether oxygens (including phenoxy) is 1. The fourth-order valence-electron chi connectivity index (χ4n) is 3.32. The molecule has 2 heterocycles. The van der Waals surface area contributed by atoms with Gasteiger partial charge in [-0.2, -0.15) is 9.50 Å². The van der Waals surface area contributed by atoms with Crippen LogP contribution in [0.25, 0.3) is 5.78 Å². The van der Waals surface area contributed by atoms with Crippen LogP contribution >= 0.6 is 0 Å². The summed E-state index contributed by atoms with van der Waals surface area (Å²) >= 11 is 0. The normalized spacial score (nSPS) is 10.9. The van der Waals surface area contributed by atoms with Gasteiger partial charge in [0.1, 0.15) is 5.75 Å². The minimum atomic E-state index is -0.213. The Morgan fingerprint density at radius 2 is 1.87 bits per heavy atom. The average molecular weight is 404 g/mol. The second-order valence-electron chi connectivity index (χ2n) is 7.13. The third-order valence-corrected chi connectivity index (χ3v) is 4.86. The van der Waals surface area contributed by atoms with Crippen LogP contribution in [0.5, 0.6) is 5.75 Å². The maximum Gasteiger partial charge on any atom is 0.274 e. The predicted octanol–water partition coefficient (Wildman–Crippen LogP) is 3.27. The van der Waals surface area contributed by atoms with Crippen LogP contribution in [-0.4, -0.2) is 26.7 Å². The zero-order valence-electron chi connectivity index (χ0n) is 17.2. The lowest BCUT2D eigenvalue weighted by atomic mass is 10.1. The lowest BCUT2D eigenvalue weighted by molar-refractivity contribution is 0.410. The SMILES string of the molecule is COc1ccccc1CNc1nc2nc(CNc3ccc(C)cc3C)cc(=O)n2[nH]1. The molecule has 0 fully saturated rings. The third-order valence-electron chi connectivity index (χ3n) is 4.86. The molecule has 0 saturated carbocycles. The fraction of sp³-hybridized carbons (Fsp3) is 0.227. The number of aromatic amines is 1. The van der Waals surface area contributed by atoms with Gasteiger partial charge in [-0.15, -0.1) is 0 Å². The molecule has 8 heteroatoms. The van der Waals surface area contributed by atoms with Crippen molar-refractivity contribution >= 4 is 17.4 Å². The van der Waals surface area contributed by atoms with Gasteiger partial charge in [-0.1, -0.05) is 35.9 Å². The van der Waals surface area contributed by atoms with Crippen molar-refractivity contribution < 1.29 is 4.74 Å². The number of fused-ring (bicyclic) bond motifs is 1. The molecule has 3 N–H and O–H groups in total. The topological polar surface area (TPSA) is 96.3 Å². The van der Waals surface area contributed by atoms with E-state index < -0.39 is 0 Å². The van der Waals surface area contributed by atoms with Crippen molar-refractivity contribution in [2.45, 2.75) is 26.9 Å². The van der Waals surface area contributed by atoms with E-state index in [0.717, 1.165) is 22.6 Å². The number of aryl methyl sites for hydroxylation is 2. The summed E-state index contributed by atoms with van der Waals surface area (Å²) in [6.45, 7) is 5.05. The Labute approximate surface area is 173 Å². The number of anilines is 2. The molecule has 4 rings (SSSR count). The Bertz CT molecular complexity index is 1240. The zero-order chi connectivity index (χ0) is 21.1. The van der Waals surface area contributed by atoms with E-state index in [1.165, 1.54) is 16.1 Å². The minimum Gasteiger partial charge on any atom is -0.496 e. The first-order valence-electron chi connectivity index (χ1n) is 9.69. The molecule has 0 spiro atoms. The average Bonchev–Trinajstić information content (AvgIpc) is 3.15. The van der Waals surface area contributed by atoms with Crippen LogP contribution < -0.4 is 20.9 Å². The van der Waals surface area contributed by atoms with E-state index in [1.54, 1.807) is 7.11 Å². The van der Waals surface area contributed by atoms with Gasteiger partial charge in [0.15, 0.2) is 0 Å².